The van der Waals surface area contributed by atoms with Crippen LogP contribution in [0, 0.1) is 6.92 Å². The lowest BCUT2D eigenvalue weighted by atomic mass is 10.1. The summed E-state index contributed by atoms with van der Waals surface area (Å²) in [5, 5.41) is 6.69. The van der Waals surface area contributed by atoms with Crippen LogP contribution in [0.25, 0.3) is 0 Å². The summed E-state index contributed by atoms with van der Waals surface area (Å²) in [6.45, 7) is 7.22. The fourth-order valence-corrected chi connectivity index (χ4v) is 2.72. The van der Waals surface area contributed by atoms with Crippen LogP contribution in [0.15, 0.2) is 23.2 Å². The normalized spacial score (nSPS) is 18.0. The molecule has 1 unspecified atom stereocenters. The molecule has 0 aromatic heterocycles. The summed E-state index contributed by atoms with van der Waals surface area (Å²) < 4.78 is 11.4. The van der Waals surface area contributed by atoms with Gasteiger partial charge >= 0.3 is 0 Å². The second-order valence-electron chi connectivity index (χ2n) is 5.82. The summed E-state index contributed by atoms with van der Waals surface area (Å²) in [5.41, 5.74) is 2.34. The third kappa shape index (κ3) is 5.75. The van der Waals surface area contributed by atoms with Crippen molar-refractivity contribution in [3.05, 3.63) is 29.3 Å². The minimum absolute atomic E-state index is 0.405. The number of benzene rings is 1. The van der Waals surface area contributed by atoms with Crippen LogP contribution in [0.5, 0.6) is 5.75 Å². The van der Waals surface area contributed by atoms with Crippen molar-refractivity contribution in [1.29, 1.82) is 0 Å². The molecule has 128 valence electrons. The van der Waals surface area contributed by atoms with Crippen LogP contribution >= 0.6 is 0 Å². The van der Waals surface area contributed by atoms with Gasteiger partial charge in [0, 0.05) is 32.3 Å². The van der Waals surface area contributed by atoms with Gasteiger partial charge in [-0.25, -0.2) is 0 Å². The first-order chi connectivity index (χ1) is 11.2. The number of rotatable bonds is 7. The number of ether oxygens (including phenoxy) is 2. The number of hydrogen-bond donors (Lipinski definition) is 2. The van der Waals surface area contributed by atoms with Gasteiger partial charge in [0.15, 0.2) is 5.96 Å². The average Bonchev–Trinajstić information content (AvgIpc) is 3.06. The number of hydrogen-bond acceptors (Lipinski definition) is 3. The van der Waals surface area contributed by atoms with Crippen LogP contribution < -0.4 is 15.4 Å². The van der Waals surface area contributed by atoms with Crippen molar-refractivity contribution >= 4 is 5.96 Å². The summed E-state index contributed by atoms with van der Waals surface area (Å²) in [4.78, 5) is 4.27. The number of aryl methyl sites for hydroxylation is 1. The van der Waals surface area contributed by atoms with Crippen molar-refractivity contribution in [2.24, 2.45) is 4.99 Å². The van der Waals surface area contributed by atoms with Gasteiger partial charge in [-0.3, -0.25) is 4.99 Å². The highest BCUT2D eigenvalue weighted by Gasteiger charge is 2.14. The predicted molar refractivity (Wildman–Crippen MR) is 94.1 cm³/mol. The van der Waals surface area contributed by atoms with Crippen LogP contribution in [0.4, 0.5) is 0 Å². The molecule has 1 fully saturated rings. The smallest absolute Gasteiger partial charge is 0.191 e. The highest BCUT2D eigenvalue weighted by Crippen LogP contribution is 2.20. The Kier molecular flexibility index (Phi) is 7.20. The molecule has 0 amide bonds. The molecule has 1 aliphatic rings. The maximum absolute atomic E-state index is 5.72. The van der Waals surface area contributed by atoms with Crippen LogP contribution in [0.1, 0.15) is 37.3 Å². The molecule has 1 aromatic rings. The Morgan fingerprint density at radius 3 is 2.96 bits per heavy atom. The van der Waals surface area contributed by atoms with Gasteiger partial charge in [-0.15, -0.1) is 0 Å². The molecule has 5 heteroatoms. The quantitative estimate of drug-likeness (QED) is 0.599. The molecule has 5 nitrogen and oxygen atoms in total. The zero-order valence-electron chi connectivity index (χ0n) is 14.5. The van der Waals surface area contributed by atoms with E-state index in [1.165, 1.54) is 18.4 Å². The highest BCUT2D eigenvalue weighted by atomic mass is 16.5. The summed E-state index contributed by atoms with van der Waals surface area (Å²) in [6.07, 6.45) is 3.79. The first-order valence-corrected chi connectivity index (χ1v) is 8.51. The monoisotopic (exact) mass is 319 g/mol. The molecular weight excluding hydrogens is 290 g/mol. The lowest BCUT2D eigenvalue weighted by molar-refractivity contribution is 0.105. The van der Waals surface area contributed by atoms with Crippen LogP contribution in [0.2, 0.25) is 0 Å². The zero-order valence-corrected chi connectivity index (χ0v) is 14.5. The van der Waals surface area contributed by atoms with Gasteiger partial charge in [0.05, 0.1) is 12.7 Å². The Hall–Kier alpha value is -1.75. The van der Waals surface area contributed by atoms with Crippen molar-refractivity contribution in [2.45, 2.75) is 45.8 Å². The van der Waals surface area contributed by atoms with E-state index in [4.69, 9.17) is 9.47 Å². The average molecular weight is 319 g/mol. The standard InChI is InChI=1S/C18H29N3O2/c1-4-22-17-12-14(2)7-8-15(17)13-21-18(19-3)20-10-9-16-6-5-11-23-16/h7-8,12,16H,4-6,9-11,13H2,1-3H3,(H2,19,20,21). The zero-order chi connectivity index (χ0) is 16.5. The molecule has 1 aromatic carbocycles. The molecule has 23 heavy (non-hydrogen) atoms. The molecule has 0 bridgehead atoms. The Balaban J connectivity index is 1.80. The van der Waals surface area contributed by atoms with Crippen molar-refractivity contribution in [3.63, 3.8) is 0 Å². The van der Waals surface area contributed by atoms with Crippen molar-refractivity contribution < 1.29 is 9.47 Å². The van der Waals surface area contributed by atoms with Gasteiger partial charge in [-0.2, -0.15) is 0 Å². The molecule has 0 saturated carbocycles. The minimum Gasteiger partial charge on any atom is -0.494 e. The Labute approximate surface area is 139 Å². The fourth-order valence-electron chi connectivity index (χ4n) is 2.72. The number of nitrogens with one attached hydrogen (secondary N) is 2. The molecule has 1 atom stereocenters. The van der Waals surface area contributed by atoms with E-state index >= 15 is 0 Å². The fraction of sp³-hybridized carbons (Fsp3) is 0.611. The maximum Gasteiger partial charge on any atom is 0.191 e. The van der Waals surface area contributed by atoms with E-state index in [-0.39, 0.29) is 0 Å². The Bertz CT molecular complexity index is 511. The molecule has 0 spiro atoms. The summed E-state index contributed by atoms with van der Waals surface area (Å²) >= 11 is 0. The van der Waals surface area contributed by atoms with E-state index in [0.29, 0.717) is 19.3 Å². The van der Waals surface area contributed by atoms with Gasteiger partial charge in [0.1, 0.15) is 5.75 Å². The number of aliphatic imine (C=N–C) groups is 1. The molecule has 1 saturated heterocycles. The van der Waals surface area contributed by atoms with E-state index < -0.39 is 0 Å². The number of nitrogens with zero attached hydrogens (tertiary/aromatic N) is 1. The topological polar surface area (TPSA) is 54.9 Å². The van der Waals surface area contributed by atoms with Crippen LogP contribution in [-0.2, 0) is 11.3 Å². The lowest BCUT2D eigenvalue weighted by Gasteiger charge is -2.16. The highest BCUT2D eigenvalue weighted by molar-refractivity contribution is 5.79. The second-order valence-corrected chi connectivity index (χ2v) is 5.82. The van der Waals surface area contributed by atoms with Crippen molar-refractivity contribution in [1.82, 2.24) is 10.6 Å². The van der Waals surface area contributed by atoms with Gasteiger partial charge in [-0.1, -0.05) is 12.1 Å². The van der Waals surface area contributed by atoms with E-state index in [1.54, 1.807) is 7.05 Å². The van der Waals surface area contributed by atoms with Gasteiger partial charge < -0.3 is 20.1 Å². The van der Waals surface area contributed by atoms with E-state index in [0.717, 1.165) is 36.8 Å². The third-order valence-electron chi connectivity index (χ3n) is 3.98. The van der Waals surface area contributed by atoms with Crippen molar-refractivity contribution in [3.8, 4) is 5.75 Å². The molecule has 0 aliphatic carbocycles. The third-order valence-corrected chi connectivity index (χ3v) is 3.98. The largest absolute Gasteiger partial charge is 0.494 e. The molecular formula is C18H29N3O2. The second kappa shape index (κ2) is 9.40. The summed E-state index contributed by atoms with van der Waals surface area (Å²) in [7, 11) is 1.79. The maximum atomic E-state index is 5.72. The Morgan fingerprint density at radius 2 is 2.26 bits per heavy atom. The van der Waals surface area contributed by atoms with Gasteiger partial charge in [0.2, 0.25) is 0 Å². The molecule has 1 aliphatic heterocycles. The van der Waals surface area contributed by atoms with Crippen LogP contribution in [0.3, 0.4) is 0 Å². The van der Waals surface area contributed by atoms with E-state index in [9.17, 15) is 0 Å². The van der Waals surface area contributed by atoms with E-state index in [1.807, 2.05) is 6.92 Å². The molecule has 1 heterocycles. The van der Waals surface area contributed by atoms with Crippen LogP contribution in [-0.4, -0.2) is 38.9 Å². The first kappa shape index (κ1) is 17.6. The summed E-state index contributed by atoms with van der Waals surface area (Å²) in [6, 6.07) is 6.29. The molecule has 2 N–H and O–H groups in total. The SMILES string of the molecule is CCOc1cc(C)ccc1CNC(=NC)NCCC1CCCO1. The minimum atomic E-state index is 0.405. The Morgan fingerprint density at radius 1 is 1.39 bits per heavy atom. The predicted octanol–water partition coefficient (Wildman–Crippen LogP) is 2.63. The van der Waals surface area contributed by atoms with Crippen molar-refractivity contribution in [2.75, 3.05) is 26.8 Å². The lowest BCUT2D eigenvalue weighted by Crippen LogP contribution is -2.38. The van der Waals surface area contributed by atoms with Gasteiger partial charge in [0.25, 0.3) is 0 Å². The van der Waals surface area contributed by atoms with Gasteiger partial charge in [-0.05, 0) is 44.7 Å². The molecule has 2 rings (SSSR count). The number of guanidine groups is 1. The van der Waals surface area contributed by atoms with E-state index in [2.05, 4.69) is 40.7 Å². The first-order valence-electron chi connectivity index (χ1n) is 8.51. The molecule has 0 radical (unpaired) electrons. The summed E-state index contributed by atoms with van der Waals surface area (Å²) in [5.74, 6) is 1.75.